The SMILES string of the molecule is F[SH](F)(F)(F)F.[AlH3]. The quantitative estimate of drug-likeness (QED) is 0.306. The topological polar surface area (TPSA) is 0 Å². The Morgan fingerprint density at radius 3 is 0.714 bits per heavy atom. The van der Waals surface area contributed by atoms with Crippen molar-refractivity contribution in [2.45, 2.75) is 0 Å². The Hall–Kier alpha value is 0.532. The molecule has 0 bridgehead atoms. The zero-order chi connectivity index (χ0) is 5.45. The molecule has 0 aliphatic rings. The van der Waals surface area contributed by atoms with E-state index in [1.807, 2.05) is 0 Å². The van der Waals surface area contributed by atoms with Crippen LogP contribution in [0.4, 0.5) is 19.4 Å². The molecule has 0 aromatic heterocycles. The van der Waals surface area contributed by atoms with Crippen molar-refractivity contribution in [1.29, 1.82) is 0 Å². The minimum atomic E-state index is -8.55. The third kappa shape index (κ3) is 473. The zero-order valence-electron chi connectivity index (χ0n) is 2.34. The Bertz CT molecular complexity index is 41.3. The van der Waals surface area contributed by atoms with Gasteiger partial charge in [0.2, 0.25) is 0 Å². The zero-order valence-corrected chi connectivity index (χ0v) is 3.23. The minimum Gasteiger partial charge on any atom is -0.100 e. The van der Waals surface area contributed by atoms with E-state index in [1.54, 1.807) is 0 Å². The van der Waals surface area contributed by atoms with Crippen LogP contribution in [0.5, 0.6) is 0 Å². The molecule has 0 saturated heterocycles. The lowest BCUT2D eigenvalue weighted by atomic mass is 18.6. The first kappa shape index (κ1) is 10.5. The predicted molar refractivity (Wildman–Crippen MR) is 24.5 cm³/mol. The normalized spacial score (nSPS) is 16.4. The number of halogens is 5. The van der Waals surface area contributed by atoms with Gasteiger partial charge in [-0.2, -0.15) is 0 Å². The second-order valence-corrected chi connectivity index (χ2v) is 1.92. The maximum absolute atomic E-state index is 9.84. The summed E-state index contributed by atoms with van der Waals surface area (Å²) in [6.07, 6.45) is 0. The van der Waals surface area contributed by atoms with E-state index in [9.17, 15) is 19.4 Å². The van der Waals surface area contributed by atoms with Crippen molar-refractivity contribution in [3.8, 4) is 0 Å². The highest BCUT2D eigenvalue weighted by Crippen LogP contribution is 2.78. The van der Waals surface area contributed by atoms with Gasteiger partial charge in [0, 0.05) is 0 Å². The summed E-state index contributed by atoms with van der Waals surface area (Å²) in [6, 6.07) is 0. The fraction of sp³-hybridized carbons (Fsp3) is 0. The molecule has 7 heteroatoms. The highest BCUT2D eigenvalue weighted by molar-refractivity contribution is 8.29. The van der Waals surface area contributed by atoms with Gasteiger partial charge in [-0.05, 0) is 0 Å². The van der Waals surface area contributed by atoms with Crippen LogP contribution >= 0.6 is 11.1 Å². The van der Waals surface area contributed by atoms with E-state index in [0.29, 0.717) is 0 Å². The number of hydrogen-bond donors (Lipinski definition) is 1. The van der Waals surface area contributed by atoms with Crippen LogP contribution in [-0.2, 0) is 0 Å². The average Bonchev–Trinajstić information content (AvgIpc) is 0.650. The van der Waals surface area contributed by atoms with Crippen molar-refractivity contribution in [2.75, 3.05) is 0 Å². The summed E-state index contributed by atoms with van der Waals surface area (Å²) < 4.78 is 49.2. The van der Waals surface area contributed by atoms with E-state index in [2.05, 4.69) is 0 Å². The number of thiol groups is 1. The lowest BCUT2D eigenvalue weighted by Gasteiger charge is -2.15. The highest BCUT2D eigenvalue weighted by atomic mass is 32.4. The largest absolute Gasteiger partial charge is 0.278 e. The molecule has 7 heavy (non-hydrogen) atoms. The Morgan fingerprint density at radius 2 is 0.714 bits per heavy atom. The summed E-state index contributed by atoms with van der Waals surface area (Å²) in [7, 11) is 0. The first-order chi connectivity index (χ1) is 2.24. The molecule has 0 amide bonds. The maximum Gasteiger partial charge on any atom is 0.278 e. The van der Waals surface area contributed by atoms with Crippen molar-refractivity contribution < 1.29 is 19.4 Å². The van der Waals surface area contributed by atoms with Gasteiger partial charge in [0.05, 0.1) is 0 Å². The summed E-state index contributed by atoms with van der Waals surface area (Å²) >= 11 is -8.55. The first-order valence-corrected chi connectivity index (χ1v) is 2.54. The van der Waals surface area contributed by atoms with Crippen LogP contribution in [0.25, 0.3) is 0 Å². The monoisotopic (exact) mass is 158 g/mol. The van der Waals surface area contributed by atoms with Crippen LogP contribution < -0.4 is 0 Å². The molecule has 0 nitrogen and oxygen atoms in total. The van der Waals surface area contributed by atoms with Crippen LogP contribution in [0.1, 0.15) is 0 Å². The van der Waals surface area contributed by atoms with Crippen LogP contribution in [0, 0.1) is 0 Å². The molecule has 0 fully saturated rings. The molecule has 0 rings (SSSR count). The van der Waals surface area contributed by atoms with Gasteiger partial charge in [0.15, 0.2) is 17.4 Å². The van der Waals surface area contributed by atoms with Gasteiger partial charge in [0.1, 0.15) is 0 Å². The molecule has 0 aromatic carbocycles. The second kappa shape index (κ2) is 1.80. The molecule has 0 radical (unpaired) electrons. The summed E-state index contributed by atoms with van der Waals surface area (Å²) in [5, 5.41) is 0. The van der Waals surface area contributed by atoms with E-state index < -0.39 is 11.1 Å². The number of hydrogen-bond acceptors (Lipinski definition) is 0. The van der Waals surface area contributed by atoms with Gasteiger partial charge in [-0.3, -0.25) is 0 Å². The average molecular weight is 158 g/mol. The predicted octanol–water partition coefficient (Wildman–Crippen LogP) is 1.30. The van der Waals surface area contributed by atoms with Crippen molar-refractivity contribution in [1.82, 2.24) is 0 Å². The molecule has 0 heterocycles. The van der Waals surface area contributed by atoms with Gasteiger partial charge in [-0.15, -0.1) is 19.4 Å². The van der Waals surface area contributed by atoms with Crippen LogP contribution in [0.3, 0.4) is 0 Å². The van der Waals surface area contributed by atoms with Crippen LogP contribution in [0.15, 0.2) is 0 Å². The van der Waals surface area contributed by atoms with E-state index >= 15 is 0 Å². The molecule has 0 spiro atoms. The molecule has 48 valence electrons. The van der Waals surface area contributed by atoms with Crippen molar-refractivity contribution in [3.05, 3.63) is 0 Å². The molecule has 0 unspecified atom stereocenters. The molecule has 0 aliphatic carbocycles. The van der Waals surface area contributed by atoms with Gasteiger partial charge in [-0.25, -0.2) is 0 Å². The smallest absolute Gasteiger partial charge is 0.100 e. The second-order valence-electron chi connectivity index (χ2n) is 0.639. The Kier molecular flexibility index (Phi) is 2.70. The molecule has 0 atom stereocenters. The van der Waals surface area contributed by atoms with E-state index in [-0.39, 0.29) is 17.4 Å². The van der Waals surface area contributed by atoms with Crippen LogP contribution in [-0.4, -0.2) is 17.4 Å². The van der Waals surface area contributed by atoms with Crippen LogP contribution in [0.2, 0.25) is 0 Å². The Balaban J connectivity index is 0. The fourth-order valence-corrected chi connectivity index (χ4v) is 0. The molecule has 0 aliphatic heterocycles. The highest BCUT2D eigenvalue weighted by Gasteiger charge is 2.33. The van der Waals surface area contributed by atoms with Gasteiger partial charge < -0.3 is 0 Å². The Morgan fingerprint density at radius 1 is 0.714 bits per heavy atom. The van der Waals surface area contributed by atoms with Crippen molar-refractivity contribution in [2.24, 2.45) is 0 Å². The first-order valence-electron chi connectivity index (χ1n) is 0.845. The van der Waals surface area contributed by atoms with E-state index in [1.165, 1.54) is 0 Å². The van der Waals surface area contributed by atoms with Crippen molar-refractivity contribution in [3.63, 3.8) is 0 Å². The van der Waals surface area contributed by atoms with E-state index in [4.69, 9.17) is 0 Å². The standard InChI is InChI=1S/Al.F5HS.3H/c;1-6(2,3,4)5;;;/h;6H;;;. The van der Waals surface area contributed by atoms with Gasteiger partial charge >= 0.3 is 0 Å². The lowest BCUT2D eigenvalue weighted by molar-refractivity contribution is 0.415. The maximum atomic E-state index is 9.84. The van der Waals surface area contributed by atoms with Gasteiger partial charge in [0.25, 0.3) is 11.1 Å². The van der Waals surface area contributed by atoms with Crippen molar-refractivity contribution >= 4 is 28.5 Å². The molecule has 0 saturated carbocycles. The van der Waals surface area contributed by atoms with E-state index in [0.717, 1.165) is 0 Å². The Labute approximate surface area is 48.6 Å². The third-order valence-electron chi connectivity index (χ3n) is 0. The fourth-order valence-electron chi connectivity index (χ4n) is 0. The summed E-state index contributed by atoms with van der Waals surface area (Å²) in [4.78, 5) is 0. The third-order valence-corrected chi connectivity index (χ3v) is 0. The summed E-state index contributed by atoms with van der Waals surface area (Å²) in [5.74, 6) is 0. The summed E-state index contributed by atoms with van der Waals surface area (Å²) in [5.41, 5.74) is 0. The van der Waals surface area contributed by atoms with Gasteiger partial charge in [-0.1, -0.05) is 0 Å². The number of rotatable bonds is 0. The molecular weight excluding hydrogens is 154 g/mol. The molecular formula is H4AlF5S. The molecule has 0 aromatic rings. The summed E-state index contributed by atoms with van der Waals surface area (Å²) in [6.45, 7) is 0. The molecule has 0 N–H and O–H groups in total. The lowest BCUT2D eigenvalue weighted by Crippen LogP contribution is -1.70. The minimum absolute atomic E-state index is 0.